The third-order valence-corrected chi connectivity index (χ3v) is 4.25. The molecule has 1 saturated heterocycles. The van der Waals surface area contributed by atoms with Crippen molar-refractivity contribution < 1.29 is 4.74 Å². The second kappa shape index (κ2) is 3.80. The van der Waals surface area contributed by atoms with Crippen molar-refractivity contribution in [2.24, 2.45) is 11.1 Å². The highest BCUT2D eigenvalue weighted by Crippen LogP contribution is 2.46. The Labute approximate surface area is 86.6 Å². The van der Waals surface area contributed by atoms with Crippen LogP contribution in [0.1, 0.15) is 25.7 Å². The van der Waals surface area contributed by atoms with Crippen LogP contribution < -0.4 is 5.73 Å². The molecule has 3 heteroatoms. The van der Waals surface area contributed by atoms with Gasteiger partial charge in [-0.3, -0.25) is 0 Å². The lowest BCUT2D eigenvalue weighted by atomic mass is 9.74. The summed E-state index contributed by atoms with van der Waals surface area (Å²) in [5.41, 5.74) is 6.65. The molecule has 0 aromatic heterocycles. The van der Waals surface area contributed by atoms with Crippen LogP contribution in [0.25, 0.3) is 0 Å². The monoisotopic (exact) mass is 198 g/mol. The minimum absolute atomic E-state index is 0.362. The molecule has 0 unspecified atom stereocenters. The fraction of sp³-hybridized carbons (Fsp3) is 1.00. The molecule has 2 N–H and O–H groups in total. The summed E-state index contributed by atoms with van der Waals surface area (Å²) >= 11 is 0. The Hall–Kier alpha value is -0.120. The molecule has 1 aliphatic heterocycles. The molecule has 0 radical (unpaired) electrons. The summed E-state index contributed by atoms with van der Waals surface area (Å²) in [6.07, 6.45) is 5.15. The van der Waals surface area contributed by atoms with Gasteiger partial charge in [0.2, 0.25) is 0 Å². The fourth-order valence-corrected chi connectivity index (χ4v) is 3.04. The summed E-state index contributed by atoms with van der Waals surface area (Å²) in [7, 11) is 4.01. The number of nitrogens with zero attached hydrogens (tertiary/aromatic N) is 1. The Kier molecular flexibility index (Phi) is 2.82. The first-order valence-electron chi connectivity index (χ1n) is 5.63. The van der Waals surface area contributed by atoms with Crippen molar-refractivity contribution >= 4 is 0 Å². The van der Waals surface area contributed by atoms with Crippen LogP contribution in [-0.4, -0.2) is 44.3 Å². The molecule has 2 fully saturated rings. The minimum atomic E-state index is 0.362. The number of likely N-dealkylation sites (tertiary alicyclic amines) is 1. The Balaban J connectivity index is 2.02. The van der Waals surface area contributed by atoms with E-state index < -0.39 is 0 Å². The fourth-order valence-electron chi connectivity index (χ4n) is 3.04. The Bertz CT molecular complexity index is 199. The molecule has 0 aromatic carbocycles. The predicted octanol–water partition coefficient (Wildman–Crippen LogP) is 0.834. The first kappa shape index (κ1) is 10.4. The zero-order valence-corrected chi connectivity index (χ0v) is 9.33. The SMILES string of the molecule is CO[C@H]1C[C@@H](N)C2(CCN(C)CC2)C1. The van der Waals surface area contributed by atoms with Crippen molar-refractivity contribution in [1.82, 2.24) is 4.90 Å². The molecule has 2 aliphatic rings. The van der Waals surface area contributed by atoms with E-state index in [-0.39, 0.29) is 0 Å². The van der Waals surface area contributed by atoms with Gasteiger partial charge in [0.1, 0.15) is 0 Å². The van der Waals surface area contributed by atoms with Crippen molar-refractivity contribution in [3.63, 3.8) is 0 Å². The highest BCUT2D eigenvalue weighted by Gasteiger charge is 2.46. The third kappa shape index (κ3) is 1.69. The smallest absolute Gasteiger partial charge is 0.0592 e. The predicted molar refractivity (Wildman–Crippen MR) is 57.2 cm³/mol. The second-order valence-electron chi connectivity index (χ2n) is 5.07. The summed E-state index contributed by atoms with van der Waals surface area (Å²) in [6.45, 7) is 2.40. The van der Waals surface area contributed by atoms with Crippen molar-refractivity contribution in [1.29, 1.82) is 0 Å². The quantitative estimate of drug-likeness (QED) is 0.678. The lowest BCUT2D eigenvalue weighted by molar-refractivity contribution is 0.0703. The van der Waals surface area contributed by atoms with Gasteiger partial charge in [-0.25, -0.2) is 0 Å². The number of methoxy groups -OCH3 is 1. The van der Waals surface area contributed by atoms with Crippen LogP contribution in [0.5, 0.6) is 0 Å². The van der Waals surface area contributed by atoms with Gasteiger partial charge in [0.25, 0.3) is 0 Å². The van der Waals surface area contributed by atoms with Gasteiger partial charge in [-0.1, -0.05) is 0 Å². The highest BCUT2D eigenvalue weighted by molar-refractivity contribution is 5.01. The van der Waals surface area contributed by atoms with Crippen LogP contribution in [0.3, 0.4) is 0 Å². The summed E-state index contributed by atoms with van der Waals surface area (Å²) in [4.78, 5) is 2.40. The van der Waals surface area contributed by atoms with Gasteiger partial charge in [-0.05, 0) is 51.2 Å². The maximum Gasteiger partial charge on any atom is 0.0592 e. The van der Waals surface area contributed by atoms with E-state index in [1.54, 1.807) is 0 Å². The first-order chi connectivity index (χ1) is 6.66. The molecule has 0 bridgehead atoms. The van der Waals surface area contributed by atoms with Crippen LogP contribution in [0, 0.1) is 5.41 Å². The maximum absolute atomic E-state index is 6.26. The normalized spacial score (nSPS) is 37.9. The zero-order chi connectivity index (χ0) is 10.2. The van der Waals surface area contributed by atoms with E-state index in [9.17, 15) is 0 Å². The number of piperidine rings is 1. The van der Waals surface area contributed by atoms with Crippen molar-refractivity contribution in [2.75, 3.05) is 27.2 Å². The van der Waals surface area contributed by atoms with E-state index >= 15 is 0 Å². The van der Waals surface area contributed by atoms with Gasteiger partial charge in [0, 0.05) is 13.2 Å². The summed E-state index contributed by atoms with van der Waals surface area (Å²) in [6, 6.07) is 0.362. The van der Waals surface area contributed by atoms with E-state index in [1.807, 2.05) is 7.11 Å². The van der Waals surface area contributed by atoms with Gasteiger partial charge in [0.15, 0.2) is 0 Å². The molecule has 82 valence electrons. The van der Waals surface area contributed by atoms with Crippen molar-refractivity contribution in [3.05, 3.63) is 0 Å². The number of hydrogen-bond donors (Lipinski definition) is 1. The number of ether oxygens (including phenoxy) is 1. The standard InChI is InChI=1S/C11H22N2O/c1-13-5-3-11(4-6-13)8-9(14-2)7-10(11)12/h9-10H,3-8,12H2,1-2H3/t9-,10+/m0/s1. The first-order valence-corrected chi connectivity index (χ1v) is 5.63. The number of rotatable bonds is 1. The van der Waals surface area contributed by atoms with E-state index in [1.165, 1.54) is 32.4 Å². The van der Waals surface area contributed by atoms with Crippen molar-refractivity contribution in [2.45, 2.75) is 37.8 Å². The molecule has 1 heterocycles. The molecule has 3 nitrogen and oxygen atoms in total. The lowest BCUT2D eigenvalue weighted by Gasteiger charge is -2.40. The van der Waals surface area contributed by atoms with Gasteiger partial charge < -0.3 is 15.4 Å². The van der Waals surface area contributed by atoms with Crippen LogP contribution in [0.2, 0.25) is 0 Å². The highest BCUT2D eigenvalue weighted by atomic mass is 16.5. The van der Waals surface area contributed by atoms with Crippen LogP contribution in [-0.2, 0) is 4.74 Å². The second-order valence-corrected chi connectivity index (χ2v) is 5.07. The molecule has 2 atom stereocenters. The molecular formula is C11H22N2O. The Morgan fingerprint density at radius 1 is 1.36 bits per heavy atom. The topological polar surface area (TPSA) is 38.5 Å². The molecule has 2 rings (SSSR count). The van der Waals surface area contributed by atoms with E-state index in [2.05, 4.69) is 11.9 Å². The molecule has 1 spiro atoms. The molecular weight excluding hydrogens is 176 g/mol. The van der Waals surface area contributed by atoms with Gasteiger partial charge >= 0.3 is 0 Å². The number of nitrogens with two attached hydrogens (primary N) is 1. The van der Waals surface area contributed by atoms with Gasteiger partial charge in [0.05, 0.1) is 6.10 Å². The third-order valence-electron chi connectivity index (χ3n) is 4.25. The molecule has 0 amide bonds. The zero-order valence-electron chi connectivity index (χ0n) is 9.33. The lowest BCUT2D eigenvalue weighted by Crippen LogP contribution is -2.45. The maximum atomic E-state index is 6.26. The van der Waals surface area contributed by atoms with Crippen molar-refractivity contribution in [3.8, 4) is 0 Å². The summed E-state index contributed by atoms with van der Waals surface area (Å²) in [5.74, 6) is 0. The van der Waals surface area contributed by atoms with Crippen LogP contribution >= 0.6 is 0 Å². The minimum Gasteiger partial charge on any atom is -0.381 e. The van der Waals surface area contributed by atoms with Crippen LogP contribution in [0.15, 0.2) is 0 Å². The van der Waals surface area contributed by atoms with E-state index in [4.69, 9.17) is 10.5 Å². The Morgan fingerprint density at radius 2 is 2.00 bits per heavy atom. The summed E-state index contributed by atoms with van der Waals surface area (Å²) in [5, 5.41) is 0. The Morgan fingerprint density at radius 3 is 2.50 bits per heavy atom. The van der Waals surface area contributed by atoms with Gasteiger partial charge in [-0.2, -0.15) is 0 Å². The van der Waals surface area contributed by atoms with Crippen LogP contribution in [0.4, 0.5) is 0 Å². The summed E-state index contributed by atoms with van der Waals surface area (Å²) < 4.78 is 5.44. The number of hydrogen-bond acceptors (Lipinski definition) is 3. The molecule has 1 saturated carbocycles. The molecule has 14 heavy (non-hydrogen) atoms. The largest absolute Gasteiger partial charge is 0.381 e. The molecule has 1 aliphatic carbocycles. The average Bonchev–Trinajstić information content (AvgIpc) is 2.49. The average molecular weight is 198 g/mol. The molecule has 0 aromatic rings. The van der Waals surface area contributed by atoms with E-state index in [0.717, 1.165) is 6.42 Å². The van der Waals surface area contributed by atoms with Gasteiger partial charge in [-0.15, -0.1) is 0 Å². The van der Waals surface area contributed by atoms with E-state index in [0.29, 0.717) is 17.6 Å².